The minimum Gasteiger partial charge on any atom is -0.305 e. The van der Waals surface area contributed by atoms with Crippen molar-refractivity contribution in [2.75, 3.05) is 0 Å². The van der Waals surface area contributed by atoms with Gasteiger partial charge in [-0.2, -0.15) is 0 Å². The van der Waals surface area contributed by atoms with Crippen molar-refractivity contribution in [2.45, 2.75) is 33.8 Å². The highest BCUT2D eigenvalue weighted by atomic mass is 31.2. The second kappa shape index (κ2) is 8.77. The Bertz CT molecular complexity index is 334. The Morgan fingerprint density at radius 1 is 0.947 bits per heavy atom. The normalized spacial score (nSPS) is 10.4. The molecule has 0 N–H and O–H groups in total. The lowest BCUT2D eigenvalue weighted by atomic mass is 10.4. The fraction of sp³-hybridized carbons (Fsp3) is 0.455. The Balaban J connectivity index is 4.30. The van der Waals surface area contributed by atoms with E-state index in [0.717, 1.165) is 0 Å². The van der Waals surface area contributed by atoms with Crippen LogP contribution < -0.4 is 0 Å². The van der Waals surface area contributed by atoms with Crippen LogP contribution in [0.1, 0.15) is 27.7 Å². The van der Waals surface area contributed by atoms with Crippen molar-refractivity contribution in [2.24, 2.45) is 0 Å². The number of hydrogen-bond acceptors (Lipinski definition) is 7. The molecule has 0 radical (unpaired) electrons. The molecule has 0 aromatic carbocycles. The van der Waals surface area contributed by atoms with Crippen LogP contribution in [0.3, 0.4) is 0 Å². The molecular weight excluding hydrogens is 275 g/mol. The van der Waals surface area contributed by atoms with Gasteiger partial charge in [-0.05, 0) is 27.7 Å². The number of carbonyl (C=O) groups is 2. The van der Waals surface area contributed by atoms with Crippen LogP contribution in [0.5, 0.6) is 0 Å². The standard InChI is InChI=1S/C11H17O7P/c1-7(2)10(12)14-17-19(16-9(5)6)18-15-11(13)8(3)4/h9H,1,3H2,2,4-6H3. The highest BCUT2D eigenvalue weighted by molar-refractivity contribution is 7.41. The molecule has 0 saturated heterocycles. The molecule has 0 unspecified atom stereocenters. The largest absolute Gasteiger partial charge is 0.417 e. The summed E-state index contributed by atoms with van der Waals surface area (Å²) in [5.74, 6) is -1.57. The van der Waals surface area contributed by atoms with Crippen molar-refractivity contribution in [3.05, 3.63) is 24.3 Å². The first-order chi connectivity index (χ1) is 8.73. The zero-order valence-electron chi connectivity index (χ0n) is 11.3. The lowest BCUT2D eigenvalue weighted by Gasteiger charge is -2.15. The maximum atomic E-state index is 11.1. The summed E-state index contributed by atoms with van der Waals surface area (Å²) in [5, 5.41) is 0. The van der Waals surface area contributed by atoms with Gasteiger partial charge in [-0.15, -0.1) is 0 Å². The maximum absolute atomic E-state index is 11.1. The van der Waals surface area contributed by atoms with E-state index in [4.69, 9.17) is 4.52 Å². The van der Waals surface area contributed by atoms with Crippen LogP contribution in [0.25, 0.3) is 0 Å². The summed E-state index contributed by atoms with van der Waals surface area (Å²) in [5.41, 5.74) is 0.275. The SMILES string of the molecule is C=C(C)C(=O)OOP(OOC(=O)C(=C)C)OC(C)C. The number of hydrogen-bond donors (Lipinski definition) is 0. The first-order valence-electron chi connectivity index (χ1n) is 5.30. The molecule has 0 aromatic rings. The Hall–Kier alpha value is -1.27. The van der Waals surface area contributed by atoms with E-state index in [0.29, 0.717) is 0 Å². The fourth-order valence-electron chi connectivity index (χ4n) is 0.491. The predicted molar refractivity (Wildman–Crippen MR) is 67.1 cm³/mol. The molecule has 0 saturated carbocycles. The smallest absolute Gasteiger partial charge is 0.305 e. The molecule has 0 aliphatic carbocycles. The van der Waals surface area contributed by atoms with Gasteiger partial charge in [0.05, 0.1) is 6.10 Å². The van der Waals surface area contributed by atoms with Crippen LogP contribution in [0.15, 0.2) is 24.3 Å². The van der Waals surface area contributed by atoms with Crippen molar-refractivity contribution in [1.82, 2.24) is 0 Å². The molecule has 108 valence electrons. The number of carbonyl (C=O) groups excluding carboxylic acids is 2. The van der Waals surface area contributed by atoms with Crippen LogP contribution in [0.2, 0.25) is 0 Å². The van der Waals surface area contributed by atoms with Gasteiger partial charge in [0.25, 0.3) is 0 Å². The average molecular weight is 292 g/mol. The Labute approximate surface area is 113 Å². The van der Waals surface area contributed by atoms with Gasteiger partial charge in [0.2, 0.25) is 0 Å². The van der Waals surface area contributed by atoms with Crippen LogP contribution >= 0.6 is 8.60 Å². The molecule has 0 heterocycles. The van der Waals surface area contributed by atoms with Crippen LogP contribution in [-0.2, 0) is 33.2 Å². The van der Waals surface area contributed by atoms with Gasteiger partial charge in [0.1, 0.15) is 0 Å². The zero-order chi connectivity index (χ0) is 15.0. The third-order valence-corrected chi connectivity index (χ3v) is 2.33. The average Bonchev–Trinajstić information content (AvgIpc) is 2.30. The summed E-state index contributed by atoms with van der Waals surface area (Å²) >= 11 is 0. The molecule has 0 bridgehead atoms. The molecule has 0 aliphatic heterocycles. The molecule has 19 heavy (non-hydrogen) atoms. The summed E-state index contributed by atoms with van der Waals surface area (Å²) in [4.78, 5) is 31.0. The summed E-state index contributed by atoms with van der Waals surface area (Å²) in [6.45, 7) is 13.0. The third-order valence-electron chi connectivity index (χ3n) is 1.34. The Kier molecular flexibility index (Phi) is 8.18. The van der Waals surface area contributed by atoms with Gasteiger partial charge in [-0.1, -0.05) is 22.5 Å². The first kappa shape index (κ1) is 17.7. The minimum atomic E-state index is -2.18. The maximum Gasteiger partial charge on any atom is 0.417 e. The Morgan fingerprint density at radius 3 is 1.58 bits per heavy atom. The molecular formula is C11H17O7P. The van der Waals surface area contributed by atoms with E-state index < -0.39 is 20.5 Å². The van der Waals surface area contributed by atoms with Crippen molar-refractivity contribution in [1.29, 1.82) is 0 Å². The van der Waals surface area contributed by atoms with E-state index in [1.165, 1.54) is 13.8 Å². The monoisotopic (exact) mass is 292 g/mol. The highest BCUT2D eigenvalue weighted by Gasteiger charge is 2.22. The van der Waals surface area contributed by atoms with E-state index in [9.17, 15) is 9.59 Å². The summed E-state index contributed by atoms with van der Waals surface area (Å²) < 4.78 is 14.3. The van der Waals surface area contributed by atoms with Crippen LogP contribution in [0, 0.1) is 0 Å². The van der Waals surface area contributed by atoms with Crippen molar-refractivity contribution < 1.29 is 33.2 Å². The second-order valence-corrected chi connectivity index (χ2v) is 4.79. The molecule has 7 nitrogen and oxygen atoms in total. The van der Waals surface area contributed by atoms with E-state index in [1.807, 2.05) is 0 Å². The van der Waals surface area contributed by atoms with E-state index in [1.54, 1.807) is 13.8 Å². The molecule has 0 atom stereocenters. The second-order valence-electron chi connectivity index (χ2n) is 3.83. The van der Waals surface area contributed by atoms with Gasteiger partial charge >= 0.3 is 20.5 Å². The molecule has 0 aromatic heterocycles. The van der Waals surface area contributed by atoms with Crippen LogP contribution in [0.4, 0.5) is 0 Å². The predicted octanol–water partition coefficient (Wildman–Crippen LogP) is 2.74. The van der Waals surface area contributed by atoms with Gasteiger partial charge in [0.15, 0.2) is 0 Å². The molecule has 0 spiro atoms. The van der Waals surface area contributed by atoms with Crippen LogP contribution in [-0.4, -0.2) is 18.0 Å². The van der Waals surface area contributed by atoms with Crippen molar-refractivity contribution >= 4 is 20.5 Å². The first-order valence-corrected chi connectivity index (χ1v) is 6.39. The fourth-order valence-corrected chi connectivity index (χ4v) is 1.19. The summed E-state index contributed by atoms with van der Waals surface area (Å²) in [6.07, 6.45) is -0.293. The molecule has 0 aliphatic rings. The van der Waals surface area contributed by atoms with E-state index in [2.05, 4.69) is 32.3 Å². The van der Waals surface area contributed by atoms with E-state index >= 15 is 0 Å². The van der Waals surface area contributed by atoms with Gasteiger partial charge in [-0.3, -0.25) is 9.78 Å². The van der Waals surface area contributed by atoms with Crippen molar-refractivity contribution in [3.8, 4) is 0 Å². The lowest BCUT2D eigenvalue weighted by Crippen LogP contribution is -2.10. The molecule has 0 fully saturated rings. The topological polar surface area (TPSA) is 80.3 Å². The number of rotatable bonds is 8. The molecule has 0 rings (SSSR count). The third kappa shape index (κ3) is 8.45. The Morgan fingerprint density at radius 2 is 1.32 bits per heavy atom. The minimum absolute atomic E-state index is 0.137. The van der Waals surface area contributed by atoms with Gasteiger partial charge in [-0.25, -0.2) is 9.59 Å². The molecule has 8 heteroatoms. The zero-order valence-corrected chi connectivity index (χ0v) is 12.2. The summed E-state index contributed by atoms with van der Waals surface area (Å²) in [7, 11) is -2.18. The van der Waals surface area contributed by atoms with E-state index in [-0.39, 0.29) is 17.3 Å². The van der Waals surface area contributed by atoms with Crippen molar-refractivity contribution in [3.63, 3.8) is 0 Å². The van der Waals surface area contributed by atoms with Gasteiger partial charge in [0, 0.05) is 11.1 Å². The molecule has 0 amide bonds. The van der Waals surface area contributed by atoms with Gasteiger partial charge < -0.3 is 4.52 Å². The summed E-state index contributed by atoms with van der Waals surface area (Å²) in [6, 6.07) is 0. The quantitative estimate of drug-likeness (QED) is 0.294. The highest BCUT2D eigenvalue weighted by Crippen LogP contribution is 2.41. The lowest BCUT2D eigenvalue weighted by molar-refractivity contribution is -0.249.